The predicted molar refractivity (Wildman–Crippen MR) is 27.5 cm³/mol. The van der Waals surface area contributed by atoms with Crippen molar-refractivity contribution in [2.75, 3.05) is 0 Å². The van der Waals surface area contributed by atoms with E-state index >= 15 is 0 Å². The maximum Gasteiger partial charge on any atom is 1.00 e. The van der Waals surface area contributed by atoms with E-state index in [0.717, 1.165) is 0 Å². The molecule has 0 aliphatic heterocycles. The molecule has 0 saturated carbocycles. The summed E-state index contributed by atoms with van der Waals surface area (Å²) < 4.78 is 0. The van der Waals surface area contributed by atoms with Crippen LogP contribution in [-0.4, -0.2) is 13.3 Å². The van der Waals surface area contributed by atoms with E-state index in [4.69, 9.17) is 5.26 Å². The Morgan fingerprint density at radius 2 is 1.43 bits per heavy atom. The van der Waals surface area contributed by atoms with Gasteiger partial charge >= 0.3 is 29.6 Å². The summed E-state index contributed by atoms with van der Waals surface area (Å²) in [6.07, 6.45) is 0. The van der Waals surface area contributed by atoms with Gasteiger partial charge < -0.3 is 5.48 Å². The summed E-state index contributed by atoms with van der Waals surface area (Å²) in [5.41, 5.74) is 0. The minimum Gasteiger partial charge on any atom is -0.412 e. The van der Waals surface area contributed by atoms with Crippen molar-refractivity contribution < 1.29 is 35.0 Å². The van der Waals surface area contributed by atoms with Gasteiger partial charge in [-0.15, -0.1) is 0 Å². The van der Waals surface area contributed by atoms with Gasteiger partial charge in [0.1, 0.15) is 0 Å². The maximum atomic E-state index is 7.43. The number of rotatable bonds is 0. The average molecular weight is 113 g/mol. The van der Waals surface area contributed by atoms with E-state index < -0.39 is 0 Å². The van der Waals surface area contributed by atoms with Gasteiger partial charge in [0.25, 0.3) is 0 Å². The zero-order chi connectivity index (χ0) is 4.71. The van der Waals surface area contributed by atoms with E-state index in [0.29, 0.717) is 0 Å². The second kappa shape index (κ2) is 92.3. The van der Waals surface area contributed by atoms with Crippen LogP contribution in [0.2, 0.25) is 0 Å². The monoisotopic (exact) mass is 113 g/mol. The Hall–Kier alpha value is 0.435. The molecule has 7 heavy (non-hydrogen) atoms. The SMILES string of the molecule is NN.O.[BH3-]C#N.[Na+]. The van der Waals surface area contributed by atoms with Gasteiger partial charge in [-0.3, -0.25) is 16.9 Å². The second-order valence-electron chi connectivity index (χ2n) is 0. The van der Waals surface area contributed by atoms with Crippen molar-refractivity contribution in [3.63, 3.8) is 0 Å². The van der Waals surface area contributed by atoms with Crippen LogP contribution in [0.3, 0.4) is 0 Å². The van der Waals surface area contributed by atoms with Crippen molar-refractivity contribution in [3.05, 3.63) is 0 Å². The Morgan fingerprint density at radius 3 is 1.43 bits per heavy atom. The van der Waals surface area contributed by atoms with Gasteiger partial charge in [-0.05, 0) is 0 Å². The van der Waals surface area contributed by atoms with E-state index in [-0.39, 0.29) is 42.9 Å². The molecule has 4 nitrogen and oxygen atoms in total. The molecule has 0 aromatic carbocycles. The predicted octanol–water partition coefficient (Wildman–Crippen LogP) is -6.17. The van der Waals surface area contributed by atoms with Crippen LogP contribution < -0.4 is 41.2 Å². The van der Waals surface area contributed by atoms with Gasteiger partial charge in [0.2, 0.25) is 0 Å². The topological polar surface area (TPSA) is 107 Å². The molecule has 0 heterocycles. The number of nitrogens with zero attached hydrogens (tertiary/aromatic N) is 1. The molecule has 0 atom stereocenters. The number of hydrazine groups is 1. The number of hydrogen-bond acceptors (Lipinski definition) is 3. The van der Waals surface area contributed by atoms with E-state index in [2.05, 4.69) is 11.7 Å². The second-order valence-corrected chi connectivity index (χ2v) is 0. The molecule has 0 unspecified atom stereocenters. The van der Waals surface area contributed by atoms with Crippen molar-refractivity contribution in [3.8, 4) is 5.97 Å². The molecule has 0 aromatic heterocycles. The molecule has 0 radical (unpaired) electrons. The van der Waals surface area contributed by atoms with E-state index in [9.17, 15) is 0 Å². The molecule has 0 aliphatic carbocycles. The molecule has 0 spiro atoms. The summed E-state index contributed by atoms with van der Waals surface area (Å²) in [6.45, 7) is 0. The minimum atomic E-state index is 0. The van der Waals surface area contributed by atoms with E-state index in [1.807, 2.05) is 5.97 Å². The van der Waals surface area contributed by atoms with E-state index in [1.165, 1.54) is 0 Å². The molecule has 0 aliphatic rings. The fourth-order valence-electron chi connectivity index (χ4n) is 0. The fourth-order valence-corrected chi connectivity index (χ4v) is 0. The van der Waals surface area contributed by atoms with Crippen LogP contribution in [0.25, 0.3) is 0 Å². The van der Waals surface area contributed by atoms with Crippen molar-refractivity contribution in [2.45, 2.75) is 0 Å². The molecule has 0 rings (SSSR count). The first kappa shape index (κ1) is 26.1. The Labute approximate surface area is 65.8 Å². The molecule has 0 bridgehead atoms. The number of hydrogen-bond donors (Lipinski definition) is 2. The smallest absolute Gasteiger partial charge is 0.412 e. The van der Waals surface area contributed by atoms with Crippen LogP contribution in [-0.2, 0) is 0 Å². The Balaban J connectivity index is -0.0000000105. The third-order valence-corrected chi connectivity index (χ3v) is 0. The van der Waals surface area contributed by atoms with Crippen molar-refractivity contribution >= 4 is 7.85 Å². The average Bonchev–Trinajstić information content (AvgIpc) is 1.46. The summed E-state index contributed by atoms with van der Waals surface area (Å²) >= 11 is 0. The van der Waals surface area contributed by atoms with E-state index in [1.54, 1.807) is 0 Å². The van der Waals surface area contributed by atoms with Gasteiger partial charge in [-0.2, -0.15) is 5.97 Å². The Bertz CT molecular complexity index is 36.4. The van der Waals surface area contributed by atoms with Gasteiger partial charge in [0, 0.05) is 0 Å². The zero-order valence-corrected chi connectivity index (χ0v) is 5.60. The summed E-state index contributed by atoms with van der Waals surface area (Å²) in [4.78, 5) is 0. The van der Waals surface area contributed by atoms with Gasteiger partial charge in [0.05, 0.1) is 7.85 Å². The first-order chi connectivity index (χ1) is 2.41. The first-order valence-electron chi connectivity index (χ1n) is 0.557. The van der Waals surface area contributed by atoms with Crippen LogP contribution in [0.4, 0.5) is 0 Å². The van der Waals surface area contributed by atoms with Crippen LogP contribution in [0.15, 0.2) is 0 Å². The van der Waals surface area contributed by atoms with Gasteiger partial charge in [-0.1, -0.05) is 0 Å². The molecule has 0 amide bonds. The van der Waals surface area contributed by atoms with Crippen molar-refractivity contribution in [2.24, 2.45) is 11.7 Å². The molecule has 0 fully saturated rings. The quantitative estimate of drug-likeness (QED) is 0.185. The van der Waals surface area contributed by atoms with Gasteiger partial charge in [0.15, 0.2) is 0 Å². The third kappa shape index (κ3) is 669. The minimum absolute atomic E-state index is 0. The first-order valence-corrected chi connectivity index (χ1v) is 0.557. The third-order valence-electron chi connectivity index (χ3n) is 0. The zero-order valence-electron chi connectivity index (χ0n) is 3.60. The maximum absolute atomic E-state index is 7.43. The molecule has 0 saturated heterocycles. The standard InChI is InChI=1S/CH3BN.H4N2.Na.H2O/c2-1-3;1-2;;/h2H3;1-2H2;;1H2/q-1;;+1;. The number of nitriles is 1. The Kier molecular flexibility index (Phi) is 344. The van der Waals surface area contributed by atoms with Crippen LogP contribution >= 0.6 is 0 Å². The van der Waals surface area contributed by atoms with Gasteiger partial charge in [-0.25, -0.2) is 0 Å². The molecular formula is CH9BN3NaO. The van der Waals surface area contributed by atoms with Crippen LogP contribution in [0, 0.1) is 11.2 Å². The van der Waals surface area contributed by atoms with Crippen molar-refractivity contribution in [1.29, 1.82) is 5.26 Å². The summed E-state index contributed by atoms with van der Waals surface area (Å²) in [5.74, 6) is 10.0. The molecule has 0 aromatic rings. The summed E-state index contributed by atoms with van der Waals surface area (Å²) in [7, 11) is 0.0694. The fraction of sp³-hybridized carbons (Fsp3) is 0. The molecule has 6 heteroatoms. The Morgan fingerprint density at radius 1 is 1.43 bits per heavy atom. The van der Waals surface area contributed by atoms with Crippen LogP contribution in [0.1, 0.15) is 0 Å². The van der Waals surface area contributed by atoms with Crippen LogP contribution in [0.5, 0.6) is 0 Å². The molecular weight excluding hydrogens is 104 g/mol. The van der Waals surface area contributed by atoms with Crippen molar-refractivity contribution in [1.82, 2.24) is 0 Å². The summed E-state index contributed by atoms with van der Waals surface area (Å²) in [5, 5.41) is 7.43. The largest absolute Gasteiger partial charge is 1.00 e. The normalized spacial score (nSPS) is 2.00. The molecule has 38 valence electrons. The summed E-state index contributed by atoms with van der Waals surface area (Å²) in [6, 6.07) is 0. The number of nitrogens with two attached hydrogens (primary N) is 2. The molecule has 6 N–H and O–H groups in total.